The van der Waals surface area contributed by atoms with Gasteiger partial charge in [-0.2, -0.15) is 5.26 Å². The van der Waals surface area contributed by atoms with Crippen LogP contribution in [0.2, 0.25) is 0 Å². The fourth-order valence-corrected chi connectivity index (χ4v) is 4.53. The molecule has 0 bridgehead atoms. The van der Waals surface area contributed by atoms with Gasteiger partial charge in [0.25, 0.3) is 0 Å². The summed E-state index contributed by atoms with van der Waals surface area (Å²) in [6.45, 7) is 12.2. The highest BCUT2D eigenvalue weighted by atomic mass is 16.1. The third kappa shape index (κ3) is 7.07. The summed E-state index contributed by atoms with van der Waals surface area (Å²) in [5.74, 6) is 0.0608. The van der Waals surface area contributed by atoms with Gasteiger partial charge in [0.05, 0.1) is 12.0 Å². The van der Waals surface area contributed by atoms with Crippen molar-refractivity contribution in [2.45, 2.75) is 46.0 Å². The van der Waals surface area contributed by atoms with Gasteiger partial charge in [-0.05, 0) is 54.1 Å². The first-order valence-corrected chi connectivity index (χ1v) is 12.3. The molecule has 1 aliphatic heterocycles. The fraction of sp³-hybridized carbons (Fsp3) is 0.500. The summed E-state index contributed by atoms with van der Waals surface area (Å²) in [6, 6.07) is 19.1. The van der Waals surface area contributed by atoms with E-state index in [4.69, 9.17) is 5.26 Å². The molecule has 0 aliphatic carbocycles. The van der Waals surface area contributed by atoms with Crippen LogP contribution in [-0.4, -0.2) is 50.1 Å². The van der Waals surface area contributed by atoms with E-state index in [9.17, 15) is 4.79 Å². The number of carbonyl (C=O) groups excluding carboxylic acids is 1. The number of benzene rings is 2. The van der Waals surface area contributed by atoms with Gasteiger partial charge in [-0.3, -0.25) is 9.69 Å². The van der Waals surface area contributed by atoms with Crippen LogP contribution in [0.3, 0.4) is 0 Å². The Morgan fingerprint density at radius 2 is 1.79 bits per heavy atom. The molecule has 1 N–H and O–H groups in total. The van der Waals surface area contributed by atoms with Crippen molar-refractivity contribution in [2.75, 3.05) is 44.2 Å². The number of nitriles is 1. The molecule has 1 atom stereocenters. The summed E-state index contributed by atoms with van der Waals surface area (Å²) < 4.78 is 0. The van der Waals surface area contributed by atoms with Crippen molar-refractivity contribution in [1.29, 1.82) is 5.26 Å². The van der Waals surface area contributed by atoms with Crippen LogP contribution in [0.4, 0.5) is 5.69 Å². The van der Waals surface area contributed by atoms with Crippen LogP contribution in [0.15, 0.2) is 48.5 Å². The van der Waals surface area contributed by atoms with Gasteiger partial charge in [-0.1, -0.05) is 63.6 Å². The van der Waals surface area contributed by atoms with E-state index in [-0.39, 0.29) is 18.4 Å². The van der Waals surface area contributed by atoms with Gasteiger partial charge in [0.1, 0.15) is 6.54 Å². The minimum atomic E-state index is -0.249. The number of rotatable bonds is 10. The number of carbonyl (C=O) groups is 1. The number of nitrogens with zero attached hydrogens (tertiary/aromatic N) is 3. The Morgan fingerprint density at radius 1 is 1.06 bits per heavy atom. The molecule has 5 nitrogen and oxygen atoms in total. The second-order valence-electron chi connectivity index (χ2n) is 9.41. The molecule has 2 aromatic carbocycles. The minimum Gasteiger partial charge on any atom is -0.369 e. The van der Waals surface area contributed by atoms with Crippen molar-refractivity contribution in [3.63, 3.8) is 0 Å². The quantitative estimate of drug-likeness (QED) is 0.519. The van der Waals surface area contributed by atoms with Crippen LogP contribution in [0, 0.1) is 17.2 Å². The topological polar surface area (TPSA) is 59.4 Å². The lowest BCUT2D eigenvalue weighted by atomic mass is 9.88. The first kappa shape index (κ1) is 24.8. The van der Waals surface area contributed by atoms with E-state index < -0.39 is 0 Å². The van der Waals surface area contributed by atoms with Crippen LogP contribution >= 0.6 is 0 Å². The van der Waals surface area contributed by atoms with Gasteiger partial charge in [-0.15, -0.1) is 0 Å². The SMILES string of the molecule is CCCCN1CCN(c2ccc(-c3cccc([C@@H](CC(C)C)C(=O)NCC#N)c3)cc2)CC1. The van der Waals surface area contributed by atoms with Crippen molar-refractivity contribution in [2.24, 2.45) is 5.92 Å². The van der Waals surface area contributed by atoms with E-state index >= 15 is 0 Å². The highest BCUT2D eigenvalue weighted by Crippen LogP contribution is 2.30. The Morgan fingerprint density at radius 3 is 2.42 bits per heavy atom. The molecule has 176 valence electrons. The highest BCUT2D eigenvalue weighted by Gasteiger charge is 2.22. The zero-order valence-electron chi connectivity index (χ0n) is 20.4. The molecule has 3 rings (SSSR count). The average molecular weight is 447 g/mol. The van der Waals surface area contributed by atoms with Gasteiger partial charge in [0.2, 0.25) is 5.91 Å². The Labute approximate surface area is 199 Å². The Kier molecular flexibility index (Phi) is 9.33. The molecule has 0 saturated carbocycles. The number of hydrogen-bond acceptors (Lipinski definition) is 4. The number of hydrogen-bond donors (Lipinski definition) is 1. The molecule has 0 radical (unpaired) electrons. The summed E-state index contributed by atoms with van der Waals surface area (Å²) in [6.07, 6.45) is 3.29. The normalized spacial score (nSPS) is 15.3. The second-order valence-corrected chi connectivity index (χ2v) is 9.41. The molecule has 1 heterocycles. The summed E-state index contributed by atoms with van der Waals surface area (Å²) >= 11 is 0. The van der Waals surface area contributed by atoms with E-state index in [1.165, 1.54) is 25.1 Å². The summed E-state index contributed by atoms with van der Waals surface area (Å²) in [5.41, 5.74) is 4.55. The predicted octanol–water partition coefficient (Wildman–Crippen LogP) is 5.05. The van der Waals surface area contributed by atoms with Gasteiger partial charge in [0, 0.05) is 31.9 Å². The van der Waals surface area contributed by atoms with E-state index in [0.717, 1.165) is 49.3 Å². The van der Waals surface area contributed by atoms with Gasteiger partial charge < -0.3 is 10.2 Å². The van der Waals surface area contributed by atoms with Crippen molar-refractivity contribution in [1.82, 2.24) is 10.2 Å². The van der Waals surface area contributed by atoms with Gasteiger partial charge >= 0.3 is 0 Å². The molecule has 1 aliphatic rings. The Balaban J connectivity index is 1.70. The first-order valence-electron chi connectivity index (χ1n) is 12.3. The molecule has 33 heavy (non-hydrogen) atoms. The molecule has 2 aromatic rings. The largest absolute Gasteiger partial charge is 0.369 e. The zero-order chi connectivity index (χ0) is 23.6. The van der Waals surface area contributed by atoms with Crippen LogP contribution in [0.1, 0.15) is 51.5 Å². The maximum atomic E-state index is 12.7. The lowest BCUT2D eigenvalue weighted by Crippen LogP contribution is -2.46. The molecule has 1 saturated heterocycles. The van der Waals surface area contributed by atoms with Crippen LogP contribution in [0.5, 0.6) is 0 Å². The van der Waals surface area contributed by atoms with E-state index in [1.807, 2.05) is 18.2 Å². The number of piperazine rings is 1. The Hall–Kier alpha value is -2.84. The maximum Gasteiger partial charge on any atom is 0.228 e. The minimum absolute atomic E-state index is 0.0431. The van der Waals surface area contributed by atoms with E-state index in [0.29, 0.717) is 5.92 Å². The lowest BCUT2D eigenvalue weighted by molar-refractivity contribution is -0.122. The van der Waals surface area contributed by atoms with Gasteiger partial charge in [0.15, 0.2) is 0 Å². The number of anilines is 1. The number of unbranched alkanes of at least 4 members (excludes halogenated alkanes) is 1. The average Bonchev–Trinajstić information content (AvgIpc) is 2.85. The van der Waals surface area contributed by atoms with Crippen molar-refractivity contribution in [3.05, 3.63) is 54.1 Å². The van der Waals surface area contributed by atoms with Crippen molar-refractivity contribution < 1.29 is 4.79 Å². The molecular formula is C28H38N4O. The molecule has 0 unspecified atom stereocenters. The standard InChI is InChI=1S/C28H38N4O/c1-4-5-15-31-16-18-32(19-17-31)26-11-9-23(10-12-26)24-7-6-8-25(21-24)27(20-22(2)3)28(33)30-14-13-29/h6-12,21-22,27H,4-5,14-20H2,1-3H3,(H,30,33)/t27-/m1/s1. The Bertz CT molecular complexity index is 924. The third-order valence-corrected chi connectivity index (χ3v) is 6.42. The monoisotopic (exact) mass is 446 g/mol. The fourth-order valence-electron chi connectivity index (χ4n) is 4.53. The zero-order valence-corrected chi connectivity index (χ0v) is 20.4. The van der Waals surface area contributed by atoms with Crippen molar-refractivity contribution >= 4 is 11.6 Å². The van der Waals surface area contributed by atoms with Crippen molar-refractivity contribution in [3.8, 4) is 17.2 Å². The first-order chi connectivity index (χ1) is 16.0. The maximum absolute atomic E-state index is 12.7. The second kappa shape index (κ2) is 12.4. The molecule has 1 amide bonds. The number of nitrogens with one attached hydrogen (secondary N) is 1. The summed E-state index contributed by atoms with van der Waals surface area (Å²) in [7, 11) is 0. The van der Waals surface area contributed by atoms with Crippen LogP contribution in [0.25, 0.3) is 11.1 Å². The molecule has 5 heteroatoms. The van der Waals surface area contributed by atoms with Gasteiger partial charge in [-0.25, -0.2) is 0 Å². The lowest BCUT2D eigenvalue weighted by Gasteiger charge is -2.36. The summed E-state index contributed by atoms with van der Waals surface area (Å²) in [4.78, 5) is 17.8. The van der Waals surface area contributed by atoms with Crippen LogP contribution < -0.4 is 10.2 Å². The number of amides is 1. The van der Waals surface area contributed by atoms with E-state index in [1.54, 1.807) is 0 Å². The molecular weight excluding hydrogens is 408 g/mol. The smallest absolute Gasteiger partial charge is 0.228 e. The molecule has 0 spiro atoms. The molecule has 1 fully saturated rings. The third-order valence-electron chi connectivity index (χ3n) is 6.42. The molecule has 0 aromatic heterocycles. The predicted molar refractivity (Wildman–Crippen MR) is 136 cm³/mol. The van der Waals surface area contributed by atoms with E-state index in [2.05, 4.69) is 72.3 Å². The highest BCUT2D eigenvalue weighted by molar-refractivity contribution is 5.84. The van der Waals surface area contributed by atoms with Crippen LogP contribution in [-0.2, 0) is 4.79 Å². The summed E-state index contributed by atoms with van der Waals surface area (Å²) in [5, 5.41) is 11.6.